The second kappa shape index (κ2) is 6.29. The van der Waals surface area contributed by atoms with Crippen LogP contribution < -0.4 is 14.8 Å². The van der Waals surface area contributed by atoms with Gasteiger partial charge in [-0.3, -0.25) is 0 Å². The van der Waals surface area contributed by atoms with Crippen LogP contribution in [-0.2, 0) is 13.2 Å². The van der Waals surface area contributed by atoms with E-state index in [-0.39, 0.29) is 0 Å². The molecule has 0 radical (unpaired) electrons. The Balaban J connectivity index is 1.54. The Bertz CT molecular complexity index is 563. The molecule has 0 spiro atoms. The fourth-order valence-electron chi connectivity index (χ4n) is 2.01. The second-order valence-electron chi connectivity index (χ2n) is 4.96. The molecule has 3 rings (SSSR count). The zero-order valence-corrected chi connectivity index (χ0v) is 12.4. The number of thiophene rings is 1. The van der Waals surface area contributed by atoms with Gasteiger partial charge in [0.2, 0.25) is 0 Å². The monoisotopic (exact) mass is 289 g/mol. The summed E-state index contributed by atoms with van der Waals surface area (Å²) in [4.78, 5) is 2.61. The van der Waals surface area contributed by atoms with Gasteiger partial charge in [0.25, 0.3) is 0 Å². The van der Waals surface area contributed by atoms with Gasteiger partial charge in [-0.05, 0) is 37.1 Å². The molecular weight excluding hydrogens is 270 g/mol. The van der Waals surface area contributed by atoms with Crippen molar-refractivity contribution in [2.24, 2.45) is 0 Å². The third kappa shape index (κ3) is 3.52. The van der Waals surface area contributed by atoms with Gasteiger partial charge in [-0.1, -0.05) is 12.1 Å². The number of benzene rings is 1. The van der Waals surface area contributed by atoms with Gasteiger partial charge in [-0.25, -0.2) is 0 Å². The molecule has 2 aromatic rings. The van der Waals surface area contributed by atoms with Crippen LogP contribution in [0, 0.1) is 0 Å². The fraction of sp³-hybridized carbons (Fsp3) is 0.375. The van der Waals surface area contributed by atoms with Crippen molar-refractivity contribution < 1.29 is 9.47 Å². The largest absolute Gasteiger partial charge is 0.493 e. The predicted molar refractivity (Wildman–Crippen MR) is 81.5 cm³/mol. The maximum Gasteiger partial charge on any atom is 0.161 e. The number of methoxy groups -OCH3 is 1. The minimum Gasteiger partial charge on any atom is -0.493 e. The van der Waals surface area contributed by atoms with Crippen LogP contribution in [0.3, 0.4) is 0 Å². The normalized spacial score (nSPS) is 14.2. The molecule has 0 amide bonds. The number of rotatable bonds is 7. The van der Waals surface area contributed by atoms with Crippen molar-refractivity contribution in [2.45, 2.75) is 32.0 Å². The zero-order valence-electron chi connectivity index (χ0n) is 11.6. The third-order valence-electron chi connectivity index (χ3n) is 3.30. The number of para-hydroxylation sites is 2. The van der Waals surface area contributed by atoms with Crippen LogP contribution in [0.2, 0.25) is 0 Å². The van der Waals surface area contributed by atoms with Gasteiger partial charge in [0.05, 0.1) is 7.11 Å². The molecule has 1 aliphatic carbocycles. The molecular formula is C16H19NO2S. The van der Waals surface area contributed by atoms with Crippen LogP contribution in [0.5, 0.6) is 11.5 Å². The molecule has 0 unspecified atom stereocenters. The maximum absolute atomic E-state index is 5.83. The first kappa shape index (κ1) is 13.5. The lowest BCUT2D eigenvalue weighted by Crippen LogP contribution is -2.14. The molecule has 1 saturated carbocycles. The highest BCUT2D eigenvalue weighted by atomic mass is 32.1. The van der Waals surface area contributed by atoms with Crippen LogP contribution >= 0.6 is 11.3 Å². The molecule has 1 aromatic heterocycles. The summed E-state index contributed by atoms with van der Waals surface area (Å²) in [6.07, 6.45) is 2.66. The van der Waals surface area contributed by atoms with E-state index in [0.29, 0.717) is 6.61 Å². The van der Waals surface area contributed by atoms with Crippen LogP contribution in [-0.4, -0.2) is 13.2 Å². The molecule has 1 heterocycles. The standard InChI is InChI=1S/C16H19NO2S/c1-18-15-4-2-3-5-16(15)19-11-14-9-8-13(20-14)10-17-12-6-7-12/h2-5,8-9,12,17H,6-7,10-11H2,1H3. The average Bonchev–Trinajstić information content (AvgIpc) is 3.21. The molecule has 1 aliphatic rings. The van der Waals surface area contributed by atoms with Crippen LogP contribution in [0.15, 0.2) is 36.4 Å². The Morgan fingerprint density at radius 2 is 1.85 bits per heavy atom. The molecule has 1 aromatic carbocycles. The fourth-order valence-corrected chi connectivity index (χ4v) is 2.90. The van der Waals surface area contributed by atoms with Crippen molar-refractivity contribution in [2.75, 3.05) is 7.11 Å². The summed E-state index contributed by atoms with van der Waals surface area (Å²) < 4.78 is 11.1. The first-order chi connectivity index (χ1) is 9.85. The van der Waals surface area contributed by atoms with E-state index in [9.17, 15) is 0 Å². The van der Waals surface area contributed by atoms with Crippen molar-refractivity contribution >= 4 is 11.3 Å². The van der Waals surface area contributed by atoms with Crippen molar-refractivity contribution in [1.82, 2.24) is 5.32 Å². The Labute approximate surface area is 123 Å². The lowest BCUT2D eigenvalue weighted by molar-refractivity contribution is 0.287. The van der Waals surface area contributed by atoms with E-state index < -0.39 is 0 Å². The predicted octanol–water partition coefficient (Wildman–Crippen LogP) is 3.59. The second-order valence-corrected chi connectivity index (χ2v) is 6.22. The van der Waals surface area contributed by atoms with E-state index in [1.54, 1.807) is 7.11 Å². The Kier molecular flexibility index (Phi) is 4.23. The van der Waals surface area contributed by atoms with Crippen molar-refractivity contribution in [3.05, 3.63) is 46.2 Å². The molecule has 0 aliphatic heterocycles. The minimum absolute atomic E-state index is 0.592. The molecule has 1 N–H and O–H groups in total. The Morgan fingerprint density at radius 3 is 2.60 bits per heavy atom. The SMILES string of the molecule is COc1ccccc1OCc1ccc(CNC2CC2)s1. The minimum atomic E-state index is 0.592. The molecule has 4 heteroatoms. The van der Waals surface area contributed by atoms with Crippen LogP contribution in [0.4, 0.5) is 0 Å². The van der Waals surface area contributed by atoms with E-state index in [1.807, 2.05) is 35.6 Å². The van der Waals surface area contributed by atoms with Gasteiger partial charge in [-0.15, -0.1) is 11.3 Å². The summed E-state index contributed by atoms with van der Waals surface area (Å²) in [5.74, 6) is 1.57. The average molecular weight is 289 g/mol. The number of nitrogens with one attached hydrogen (secondary N) is 1. The zero-order chi connectivity index (χ0) is 13.8. The number of hydrogen-bond acceptors (Lipinski definition) is 4. The highest BCUT2D eigenvalue weighted by Crippen LogP contribution is 2.28. The van der Waals surface area contributed by atoms with E-state index in [0.717, 1.165) is 24.1 Å². The Hall–Kier alpha value is -1.52. The molecule has 20 heavy (non-hydrogen) atoms. The quantitative estimate of drug-likeness (QED) is 0.845. The van der Waals surface area contributed by atoms with Crippen molar-refractivity contribution in [1.29, 1.82) is 0 Å². The van der Waals surface area contributed by atoms with E-state index in [2.05, 4.69) is 17.4 Å². The highest BCUT2D eigenvalue weighted by molar-refractivity contribution is 7.11. The number of hydrogen-bond donors (Lipinski definition) is 1. The molecule has 0 atom stereocenters. The molecule has 1 fully saturated rings. The van der Waals surface area contributed by atoms with E-state index in [4.69, 9.17) is 9.47 Å². The topological polar surface area (TPSA) is 30.5 Å². The molecule has 106 valence electrons. The van der Waals surface area contributed by atoms with Gasteiger partial charge < -0.3 is 14.8 Å². The molecule has 3 nitrogen and oxygen atoms in total. The first-order valence-electron chi connectivity index (χ1n) is 6.92. The van der Waals surface area contributed by atoms with E-state index in [1.165, 1.54) is 22.6 Å². The lowest BCUT2D eigenvalue weighted by Gasteiger charge is -2.09. The first-order valence-corrected chi connectivity index (χ1v) is 7.73. The van der Waals surface area contributed by atoms with Crippen molar-refractivity contribution in [3.8, 4) is 11.5 Å². The summed E-state index contributed by atoms with van der Waals surface area (Å²) in [5, 5.41) is 3.53. The summed E-state index contributed by atoms with van der Waals surface area (Å²) in [6.45, 7) is 1.57. The van der Waals surface area contributed by atoms with Gasteiger partial charge in [0.1, 0.15) is 6.61 Å². The van der Waals surface area contributed by atoms with Gasteiger partial charge in [-0.2, -0.15) is 0 Å². The van der Waals surface area contributed by atoms with Gasteiger partial charge in [0.15, 0.2) is 11.5 Å². The van der Waals surface area contributed by atoms with Crippen LogP contribution in [0.25, 0.3) is 0 Å². The van der Waals surface area contributed by atoms with Crippen molar-refractivity contribution in [3.63, 3.8) is 0 Å². The third-order valence-corrected chi connectivity index (χ3v) is 4.36. The Morgan fingerprint density at radius 1 is 1.10 bits per heavy atom. The lowest BCUT2D eigenvalue weighted by atomic mass is 10.3. The van der Waals surface area contributed by atoms with Crippen LogP contribution in [0.1, 0.15) is 22.6 Å². The molecule has 0 bridgehead atoms. The van der Waals surface area contributed by atoms with Gasteiger partial charge >= 0.3 is 0 Å². The molecule has 0 saturated heterocycles. The summed E-state index contributed by atoms with van der Waals surface area (Å²) >= 11 is 1.81. The summed E-state index contributed by atoms with van der Waals surface area (Å²) in [5.41, 5.74) is 0. The van der Waals surface area contributed by atoms with E-state index >= 15 is 0 Å². The number of ether oxygens (including phenoxy) is 2. The van der Waals surface area contributed by atoms with Gasteiger partial charge in [0, 0.05) is 22.3 Å². The summed E-state index contributed by atoms with van der Waals surface area (Å²) in [7, 11) is 1.66. The highest BCUT2D eigenvalue weighted by Gasteiger charge is 2.20. The smallest absolute Gasteiger partial charge is 0.161 e. The maximum atomic E-state index is 5.83. The summed E-state index contributed by atoms with van der Waals surface area (Å²) in [6, 6.07) is 12.8.